The van der Waals surface area contributed by atoms with Gasteiger partial charge in [0, 0.05) is 55.8 Å². The fourth-order valence-electron chi connectivity index (χ4n) is 4.65. The molecule has 1 aliphatic rings. The van der Waals surface area contributed by atoms with Crippen LogP contribution in [0.15, 0.2) is 71.2 Å². The van der Waals surface area contributed by atoms with Crippen molar-refractivity contribution in [3.8, 4) is 0 Å². The lowest BCUT2D eigenvalue weighted by Crippen LogP contribution is -2.52. The summed E-state index contributed by atoms with van der Waals surface area (Å²) in [7, 11) is 1.43. The molecule has 0 unspecified atom stereocenters. The highest BCUT2D eigenvalue weighted by Gasteiger charge is 2.32. The van der Waals surface area contributed by atoms with Crippen LogP contribution in [0.25, 0.3) is 0 Å². The lowest BCUT2D eigenvalue weighted by Gasteiger charge is -2.29. The molecule has 12 nitrogen and oxygen atoms in total. The van der Waals surface area contributed by atoms with Crippen LogP contribution in [-0.4, -0.2) is 74.0 Å². The van der Waals surface area contributed by atoms with Crippen LogP contribution in [0.5, 0.6) is 0 Å². The Morgan fingerprint density at radius 3 is 2.41 bits per heavy atom. The second kappa shape index (κ2) is 24.3. The highest BCUT2D eigenvalue weighted by atomic mass is 35.5. The number of amides is 4. The minimum atomic E-state index is -0.848. The fraction of sp³-hybridized carbons (Fsp3) is 0.541. The Bertz CT molecular complexity index is 1360. The number of rotatable bonds is 20. The maximum atomic E-state index is 13.1. The summed E-state index contributed by atoms with van der Waals surface area (Å²) in [5.74, 6) is -0.765. The van der Waals surface area contributed by atoms with Gasteiger partial charge in [-0.25, -0.2) is 9.59 Å². The molecule has 0 bridgehead atoms. The molecule has 51 heavy (non-hydrogen) atoms. The molecule has 4 N–H and O–H groups in total. The maximum Gasteiger partial charge on any atom is 0.407 e. The van der Waals surface area contributed by atoms with Crippen LogP contribution in [-0.2, 0) is 33.4 Å². The van der Waals surface area contributed by atoms with Crippen molar-refractivity contribution in [3.05, 3.63) is 71.2 Å². The Morgan fingerprint density at radius 2 is 1.78 bits per heavy atom. The third-order valence-electron chi connectivity index (χ3n) is 7.42. The summed E-state index contributed by atoms with van der Waals surface area (Å²) in [6.45, 7) is 11.9. The molecule has 1 rings (SSSR count). The van der Waals surface area contributed by atoms with Gasteiger partial charge in [-0.05, 0) is 43.7 Å². The van der Waals surface area contributed by atoms with Gasteiger partial charge in [-0.2, -0.15) is 12.6 Å². The van der Waals surface area contributed by atoms with Crippen molar-refractivity contribution < 1.29 is 38.2 Å². The maximum absolute atomic E-state index is 13.1. The standard InChI is InChI=1S/C37H55ClN4O8S/c1-25(24-26(2)29-17-18-30(48-7)35(46)50-29)12-8-9-14-32(44)42-33(37(4,5)6)34(45)40-20-10-13-28(16-15-27(3)38)49-36(47)41-22-11-21-39-31(43)19-23-51/h8-10,12,14-15,18,20,24,26,28-29,33,51H,11,13,16-17,19,21-23H2,1-7H3,(H,39,43)(H,40,45)(H,41,47)(H,42,44)/b12-8-,14-9-,20-10-,25-24+,27-15+/t26-,28+,29-,33+/m0/s1. The minimum absolute atomic E-state index is 0.0315. The van der Waals surface area contributed by atoms with E-state index in [1.165, 1.54) is 19.4 Å². The smallest absolute Gasteiger partial charge is 0.407 e. The Hall–Kier alpha value is -3.97. The third-order valence-corrected chi connectivity index (χ3v) is 7.80. The van der Waals surface area contributed by atoms with Crippen LogP contribution in [0.2, 0.25) is 0 Å². The number of cyclic esters (lactones) is 1. The molecule has 0 spiro atoms. The predicted octanol–water partition coefficient (Wildman–Crippen LogP) is 5.53. The first-order valence-electron chi connectivity index (χ1n) is 17.0. The van der Waals surface area contributed by atoms with Crippen LogP contribution in [0.4, 0.5) is 4.79 Å². The quantitative estimate of drug-likeness (QED) is 0.0357. The molecular weight excluding hydrogens is 696 g/mol. The van der Waals surface area contributed by atoms with Crippen LogP contribution in [0.3, 0.4) is 0 Å². The number of thiol groups is 1. The summed E-state index contributed by atoms with van der Waals surface area (Å²) in [6.07, 6.45) is 15.7. The molecule has 284 valence electrons. The number of hydrogen-bond acceptors (Lipinski definition) is 9. The number of allylic oxidation sites excluding steroid dienone is 5. The molecule has 1 heterocycles. The van der Waals surface area contributed by atoms with Crippen molar-refractivity contribution in [2.24, 2.45) is 11.3 Å². The Balaban J connectivity index is 2.68. The molecule has 0 aromatic heterocycles. The third kappa shape index (κ3) is 19.9. The molecule has 0 aromatic rings. The summed E-state index contributed by atoms with van der Waals surface area (Å²) < 4.78 is 16.0. The Kier molecular flexibility index (Phi) is 21.4. The minimum Gasteiger partial charge on any atom is -0.490 e. The van der Waals surface area contributed by atoms with Crippen LogP contribution >= 0.6 is 24.2 Å². The largest absolute Gasteiger partial charge is 0.490 e. The van der Waals surface area contributed by atoms with Gasteiger partial charge in [0.25, 0.3) is 0 Å². The zero-order valence-electron chi connectivity index (χ0n) is 30.8. The number of alkyl carbamates (subject to hydrolysis) is 1. The molecule has 0 saturated heterocycles. The van der Waals surface area contributed by atoms with Crippen LogP contribution < -0.4 is 21.3 Å². The van der Waals surface area contributed by atoms with E-state index >= 15 is 0 Å². The summed E-state index contributed by atoms with van der Waals surface area (Å²) in [5.41, 5.74) is 0.323. The van der Waals surface area contributed by atoms with Crippen molar-refractivity contribution >= 4 is 54.0 Å². The number of esters is 1. The second-order valence-corrected chi connectivity index (χ2v) is 14.1. The number of ether oxygens (including phenoxy) is 3. The molecule has 0 aliphatic carbocycles. The van der Waals surface area contributed by atoms with Gasteiger partial charge in [-0.3, -0.25) is 14.4 Å². The van der Waals surface area contributed by atoms with Gasteiger partial charge in [0.15, 0.2) is 5.76 Å². The number of hydrogen-bond donors (Lipinski definition) is 5. The molecule has 0 saturated carbocycles. The molecule has 4 atom stereocenters. The number of carbonyl (C=O) groups excluding carboxylic acids is 5. The van der Waals surface area contributed by atoms with E-state index in [0.717, 1.165) is 5.57 Å². The average Bonchev–Trinajstić information content (AvgIpc) is 3.05. The summed E-state index contributed by atoms with van der Waals surface area (Å²) in [5, 5.41) is 11.4. The lowest BCUT2D eigenvalue weighted by atomic mass is 9.86. The van der Waals surface area contributed by atoms with Crippen LogP contribution in [0, 0.1) is 11.3 Å². The molecule has 0 radical (unpaired) electrons. The van der Waals surface area contributed by atoms with Crippen LogP contribution in [0.1, 0.15) is 73.6 Å². The summed E-state index contributed by atoms with van der Waals surface area (Å²) in [4.78, 5) is 61.6. The van der Waals surface area contributed by atoms with Crippen molar-refractivity contribution in [2.45, 2.75) is 91.9 Å². The first-order valence-corrected chi connectivity index (χ1v) is 18.0. The van der Waals surface area contributed by atoms with E-state index in [1.807, 2.05) is 46.8 Å². The number of methoxy groups -OCH3 is 1. The molecular formula is C37H55ClN4O8S. The van der Waals surface area contributed by atoms with E-state index in [4.69, 9.17) is 25.8 Å². The van der Waals surface area contributed by atoms with Gasteiger partial charge in [-0.1, -0.05) is 81.3 Å². The zero-order chi connectivity index (χ0) is 38.4. The molecule has 0 aromatic carbocycles. The van der Waals surface area contributed by atoms with Crippen molar-refractivity contribution in [1.82, 2.24) is 21.3 Å². The van der Waals surface area contributed by atoms with Gasteiger partial charge in [-0.15, -0.1) is 0 Å². The van der Waals surface area contributed by atoms with Gasteiger partial charge in [0.1, 0.15) is 18.2 Å². The average molecular weight is 751 g/mol. The first-order chi connectivity index (χ1) is 24.1. The van der Waals surface area contributed by atoms with Gasteiger partial charge < -0.3 is 35.5 Å². The van der Waals surface area contributed by atoms with E-state index < -0.39 is 41.4 Å². The highest BCUT2D eigenvalue weighted by molar-refractivity contribution is 7.80. The van der Waals surface area contributed by atoms with E-state index in [0.29, 0.717) is 56.0 Å². The van der Waals surface area contributed by atoms with Gasteiger partial charge >= 0.3 is 12.1 Å². The van der Waals surface area contributed by atoms with E-state index in [9.17, 15) is 24.0 Å². The Labute approximate surface area is 313 Å². The molecule has 14 heteroatoms. The van der Waals surface area contributed by atoms with Crippen molar-refractivity contribution in [2.75, 3.05) is 26.0 Å². The highest BCUT2D eigenvalue weighted by Crippen LogP contribution is 2.23. The first kappa shape index (κ1) is 45.1. The zero-order valence-corrected chi connectivity index (χ0v) is 32.4. The van der Waals surface area contributed by atoms with Gasteiger partial charge in [0.05, 0.1) is 7.11 Å². The molecule has 1 aliphatic heterocycles. The normalized spacial score (nSPS) is 17.4. The SMILES string of the molecule is COC1=CC[C@@H]([C@@H](C)/C=C(C)/C=C\C=C/C(=O)N[C@H](C(=O)N/C=C\C[C@H](C/C=C(\C)Cl)OC(=O)NCCCNC(=O)CCS)C(C)(C)C)OC1=O. The van der Waals surface area contributed by atoms with Gasteiger partial charge in [0.2, 0.25) is 17.7 Å². The van der Waals surface area contributed by atoms with Crippen molar-refractivity contribution in [3.63, 3.8) is 0 Å². The lowest BCUT2D eigenvalue weighted by molar-refractivity contribution is -0.151. The number of nitrogens with one attached hydrogen (secondary N) is 4. The second-order valence-electron chi connectivity index (χ2n) is 13.1. The van der Waals surface area contributed by atoms with E-state index in [1.54, 1.807) is 37.3 Å². The van der Waals surface area contributed by atoms with E-state index in [-0.39, 0.29) is 23.7 Å². The molecule has 0 fully saturated rings. The monoisotopic (exact) mass is 750 g/mol. The van der Waals surface area contributed by atoms with Crippen molar-refractivity contribution in [1.29, 1.82) is 0 Å². The summed E-state index contributed by atoms with van der Waals surface area (Å²) >= 11 is 10.0. The predicted molar refractivity (Wildman–Crippen MR) is 203 cm³/mol. The molecule has 4 amide bonds. The number of halogens is 1. The van der Waals surface area contributed by atoms with E-state index in [2.05, 4.69) is 33.9 Å². The number of carbonyl (C=O) groups is 5. The fourth-order valence-corrected chi connectivity index (χ4v) is 4.94. The summed E-state index contributed by atoms with van der Waals surface area (Å²) in [6, 6.07) is -0.848. The topological polar surface area (TPSA) is 161 Å². The Morgan fingerprint density at radius 1 is 1.10 bits per heavy atom.